The van der Waals surface area contributed by atoms with Crippen LogP contribution < -0.4 is 10.5 Å². The fourth-order valence-electron chi connectivity index (χ4n) is 2.12. The van der Waals surface area contributed by atoms with Crippen LogP contribution in [0.4, 0.5) is 0 Å². The average molecular weight is 318 g/mol. The molecule has 0 fully saturated rings. The first-order valence-electron chi connectivity index (χ1n) is 6.03. The lowest BCUT2D eigenvalue weighted by Gasteiger charge is -2.24. The number of carbonyl (C=O) groups excluding carboxylic acids is 1. The van der Waals surface area contributed by atoms with Crippen LogP contribution in [-0.2, 0) is 14.8 Å². The van der Waals surface area contributed by atoms with Gasteiger partial charge >= 0.3 is 5.97 Å². The number of aryl methyl sites for hydroxylation is 2. The van der Waals surface area contributed by atoms with Gasteiger partial charge in [0.15, 0.2) is 0 Å². The summed E-state index contributed by atoms with van der Waals surface area (Å²) < 4.78 is 32.2. The highest BCUT2D eigenvalue weighted by Crippen LogP contribution is 2.27. The van der Waals surface area contributed by atoms with E-state index >= 15 is 0 Å². The van der Waals surface area contributed by atoms with Gasteiger partial charge in [-0.25, -0.2) is 17.9 Å². The first-order chi connectivity index (χ1) is 9.37. The number of nitrogens with two attached hydrogens (primary N) is 1. The Morgan fingerprint density at radius 1 is 1.29 bits per heavy atom. The van der Waals surface area contributed by atoms with Crippen molar-refractivity contribution in [3.63, 3.8) is 0 Å². The van der Waals surface area contributed by atoms with Gasteiger partial charge in [0.25, 0.3) is 0 Å². The zero-order valence-corrected chi connectivity index (χ0v) is 13.0. The van der Waals surface area contributed by atoms with Crippen molar-refractivity contribution in [2.24, 2.45) is 5.73 Å². The molecule has 0 radical (unpaired) electrons. The van der Waals surface area contributed by atoms with Gasteiger partial charge in [0.05, 0.1) is 0 Å². The third-order valence-electron chi connectivity index (χ3n) is 2.71. The van der Waals surface area contributed by atoms with Crippen LogP contribution in [0.1, 0.15) is 42.1 Å². The van der Waals surface area contributed by atoms with Crippen LogP contribution in [0.25, 0.3) is 0 Å². The van der Waals surface area contributed by atoms with Crippen molar-refractivity contribution < 1.29 is 27.5 Å². The van der Waals surface area contributed by atoms with E-state index in [0.29, 0.717) is 0 Å². The van der Waals surface area contributed by atoms with Gasteiger partial charge in [-0.3, -0.25) is 4.79 Å². The van der Waals surface area contributed by atoms with Crippen molar-refractivity contribution in [3.8, 4) is 0 Å². The maximum absolute atomic E-state index is 12.4. The Kier molecular flexibility index (Phi) is 4.49. The van der Waals surface area contributed by atoms with Gasteiger partial charge in [-0.15, -0.1) is 0 Å². The van der Waals surface area contributed by atoms with Crippen LogP contribution >= 0.6 is 0 Å². The second kappa shape index (κ2) is 5.49. The largest absolute Gasteiger partial charge is 0.478 e. The van der Waals surface area contributed by atoms with Crippen LogP contribution in [-0.4, -0.2) is 30.9 Å². The van der Waals surface area contributed by atoms with Gasteiger partial charge in [-0.2, -0.15) is 0 Å². The summed E-state index contributed by atoms with van der Waals surface area (Å²) in [6.45, 7) is 5.66. The Morgan fingerprint density at radius 2 is 1.81 bits per heavy atom. The van der Waals surface area contributed by atoms with Gasteiger partial charge in [-0.1, -0.05) is 0 Å². The molecule has 0 aromatic carbocycles. The number of amides is 1. The van der Waals surface area contributed by atoms with Gasteiger partial charge in [0, 0.05) is 12.0 Å². The second-order valence-electron chi connectivity index (χ2n) is 5.36. The molecule has 9 heteroatoms. The standard InChI is InChI=1S/C12H18N2O6S/c1-6-9(11(16)17)10(7(2)20-6)21(18,19)14-12(3,4)5-8(13)15/h14H,5H2,1-4H3,(H2,13,15)(H,16,17). The Labute approximate surface area is 122 Å². The third kappa shape index (κ3) is 3.82. The molecule has 0 atom stereocenters. The molecule has 1 aromatic heterocycles. The maximum atomic E-state index is 12.4. The van der Waals surface area contributed by atoms with Crippen molar-refractivity contribution in [1.29, 1.82) is 0 Å². The number of nitrogens with one attached hydrogen (secondary N) is 1. The molecule has 0 aliphatic heterocycles. The number of sulfonamides is 1. The number of carbonyl (C=O) groups is 2. The Morgan fingerprint density at radius 3 is 2.24 bits per heavy atom. The van der Waals surface area contributed by atoms with Crippen molar-refractivity contribution in [2.75, 3.05) is 0 Å². The second-order valence-corrected chi connectivity index (χ2v) is 6.98. The molecule has 0 aliphatic rings. The van der Waals surface area contributed by atoms with Crippen molar-refractivity contribution in [2.45, 2.75) is 44.6 Å². The quantitative estimate of drug-likeness (QED) is 0.699. The average Bonchev–Trinajstić information content (AvgIpc) is 2.49. The lowest BCUT2D eigenvalue weighted by atomic mass is 10.0. The summed E-state index contributed by atoms with van der Waals surface area (Å²) in [6, 6.07) is 0. The predicted octanol–water partition coefficient (Wildman–Crippen LogP) is 0.527. The summed E-state index contributed by atoms with van der Waals surface area (Å²) in [6.07, 6.45) is -0.232. The van der Waals surface area contributed by atoms with Gasteiger partial charge < -0.3 is 15.3 Å². The lowest BCUT2D eigenvalue weighted by molar-refractivity contribution is -0.119. The smallest absolute Gasteiger partial charge is 0.340 e. The molecule has 0 saturated carbocycles. The molecule has 118 valence electrons. The molecule has 1 heterocycles. The number of hydrogen-bond acceptors (Lipinski definition) is 5. The van der Waals surface area contributed by atoms with E-state index in [1.54, 1.807) is 0 Å². The molecule has 1 amide bonds. The Hall–Kier alpha value is -1.87. The summed E-state index contributed by atoms with van der Waals surface area (Å²) in [5.74, 6) is -2.13. The molecule has 1 rings (SSSR count). The molecular formula is C12H18N2O6S. The predicted molar refractivity (Wildman–Crippen MR) is 73.4 cm³/mol. The molecule has 0 spiro atoms. The van der Waals surface area contributed by atoms with Crippen LogP contribution in [0.5, 0.6) is 0 Å². The Balaban J connectivity index is 3.33. The number of aromatic carboxylic acids is 1. The minimum Gasteiger partial charge on any atom is -0.478 e. The van der Waals surface area contributed by atoms with E-state index in [2.05, 4.69) is 4.72 Å². The van der Waals surface area contributed by atoms with Crippen LogP contribution in [0, 0.1) is 13.8 Å². The molecule has 0 unspecified atom stereocenters. The summed E-state index contributed by atoms with van der Waals surface area (Å²) in [7, 11) is -4.18. The van der Waals surface area contributed by atoms with Crippen LogP contribution in [0.2, 0.25) is 0 Å². The monoisotopic (exact) mass is 318 g/mol. The number of carboxylic acid groups (broad SMARTS) is 1. The molecular weight excluding hydrogens is 300 g/mol. The van der Waals surface area contributed by atoms with E-state index in [1.807, 2.05) is 0 Å². The minimum absolute atomic E-state index is 0.00641. The van der Waals surface area contributed by atoms with E-state index in [1.165, 1.54) is 27.7 Å². The summed E-state index contributed by atoms with van der Waals surface area (Å²) >= 11 is 0. The fraction of sp³-hybridized carbons (Fsp3) is 0.500. The van der Waals surface area contributed by atoms with E-state index in [-0.39, 0.29) is 17.9 Å². The zero-order chi connectivity index (χ0) is 16.6. The maximum Gasteiger partial charge on any atom is 0.340 e. The highest BCUT2D eigenvalue weighted by atomic mass is 32.2. The van der Waals surface area contributed by atoms with Crippen molar-refractivity contribution in [3.05, 3.63) is 17.1 Å². The number of carboxylic acids is 1. The van der Waals surface area contributed by atoms with Gasteiger partial charge in [0.2, 0.25) is 15.9 Å². The number of furan rings is 1. The van der Waals surface area contributed by atoms with E-state index in [4.69, 9.17) is 15.3 Å². The van der Waals surface area contributed by atoms with E-state index < -0.39 is 37.9 Å². The van der Waals surface area contributed by atoms with Gasteiger partial charge in [-0.05, 0) is 27.7 Å². The van der Waals surface area contributed by atoms with E-state index in [0.717, 1.165) is 0 Å². The SMILES string of the molecule is Cc1oc(C)c(S(=O)(=O)NC(C)(C)CC(N)=O)c1C(=O)O. The fourth-order valence-corrected chi connectivity index (χ4v) is 3.94. The zero-order valence-electron chi connectivity index (χ0n) is 12.2. The molecule has 4 N–H and O–H groups in total. The number of rotatable bonds is 6. The summed E-state index contributed by atoms with van der Waals surface area (Å²) in [5.41, 5.74) is 3.49. The highest BCUT2D eigenvalue weighted by Gasteiger charge is 2.35. The highest BCUT2D eigenvalue weighted by molar-refractivity contribution is 7.89. The molecule has 1 aromatic rings. The number of primary amides is 1. The first-order valence-corrected chi connectivity index (χ1v) is 7.51. The third-order valence-corrected chi connectivity index (χ3v) is 4.56. The Bertz CT molecular complexity index is 687. The summed E-state index contributed by atoms with van der Waals surface area (Å²) in [4.78, 5) is 21.7. The molecule has 0 bridgehead atoms. The molecule has 21 heavy (non-hydrogen) atoms. The minimum atomic E-state index is -4.18. The normalized spacial score (nSPS) is 12.4. The molecule has 8 nitrogen and oxygen atoms in total. The molecule has 0 saturated heterocycles. The first kappa shape index (κ1) is 17.2. The van der Waals surface area contributed by atoms with Gasteiger partial charge in [0.1, 0.15) is 22.0 Å². The topological polar surface area (TPSA) is 140 Å². The summed E-state index contributed by atoms with van der Waals surface area (Å²) in [5, 5.41) is 9.14. The van der Waals surface area contributed by atoms with Crippen molar-refractivity contribution in [1.82, 2.24) is 4.72 Å². The van der Waals surface area contributed by atoms with Crippen molar-refractivity contribution >= 4 is 21.9 Å². The molecule has 0 aliphatic carbocycles. The number of hydrogen-bond donors (Lipinski definition) is 3. The van der Waals surface area contributed by atoms with Crippen LogP contribution in [0.15, 0.2) is 9.31 Å². The van der Waals surface area contributed by atoms with Crippen LogP contribution in [0.3, 0.4) is 0 Å². The lowest BCUT2D eigenvalue weighted by Crippen LogP contribution is -2.46. The van der Waals surface area contributed by atoms with E-state index in [9.17, 15) is 18.0 Å².